The zero-order valence-corrected chi connectivity index (χ0v) is 12.4. The standard InChI is InChI=1S/C14H19ClN2S/c1-10(2)6-3-4-9-17-12-8-5-7-11(15)13(12)16-14(17)18/h5,7-8,10H,3-4,6,9H2,1-2H3,(H,16,18). The van der Waals surface area contributed by atoms with Crippen molar-refractivity contribution in [2.45, 2.75) is 39.7 Å². The van der Waals surface area contributed by atoms with Crippen LogP contribution in [0.25, 0.3) is 11.0 Å². The molecule has 0 saturated heterocycles. The highest BCUT2D eigenvalue weighted by Crippen LogP contribution is 2.23. The van der Waals surface area contributed by atoms with Crippen LogP contribution in [-0.2, 0) is 6.54 Å². The lowest BCUT2D eigenvalue weighted by Crippen LogP contribution is -1.98. The number of benzene rings is 1. The first-order valence-corrected chi connectivity index (χ1v) is 7.25. The lowest BCUT2D eigenvalue weighted by atomic mass is 10.1. The van der Waals surface area contributed by atoms with Crippen LogP contribution in [0.2, 0.25) is 5.02 Å². The number of hydrogen-bond donors (Lipinski definition) is 1. The van der Waals surface area contributed by atoms with Gasteiger partial charge in [0.25, 0.3) is 0 Å². The third-order valence-corrected chi connectivity index (χ3v) is 3.81. The molecular weight excluding hydrogens is 264 g/mol. The quantitative estimate of drug-likeness (QED) is 0.592. The van der Waals surface area contributed by atoms with Crippen molar-refractivity contribution in [2.75, 3.05) is 0 Å². The number of aromatic amines is 1. The second-order valence-corrected chi connectivity index (χ2v) is 5.90. The Bertz CT molecular complexity index is 583. The van der Waals surface area contributed by atoms with Crippen LogP contribution in [0, 0.1) is 10.7 Å². The molecule has 0 aliphatic heterocycles. The van der Waals surface area contributed by atoms with E-state index in [1.807, 2.05) is 12.1 Å². The molecule has 1 aromatic heterocycles. The molecule has 0 saturated carbocycles. The number of aromatic nitrogens is 2. The summed E-state index contributed by atoms with van der Waals surface area (Å²) in [6.45, 7) is 5.49. The summed E-state index contributed by atoms with van der Waals surface area (Å²) in [6, 6.07) is 5.92. The fourth-order valence-corrected chi connectivity index (χ4v) is 2.70. The molecule has 2 aromatic rings. The molecule has 2 rings (SSSR count). The van der Waals surface area contributed by atoms with Gasteiger partial charge in [-0.1, -0.05) is 44.4 Å². The molecule has 0 fully saturated rings. The van der Waals surface area contributed by atoms with Crippen molar-refractivity contribution < 1.29 is 0 Å². The average Bonchev–Trinajstić information content (AvgIpc) is 2.63. The summed E-state index contributed by atoms with van der Waals surface area (Å²) < 4.78 is 2.92. The van der Waals surface area contributed by atoms with E-state index in [-0.39, 0.29) is 0 Å². The molecule has 1 N–H and O–H groups in total. The molecule has 0 bridgehead atoms. The van der Waals surface area contributed by atoms with E-state index >= 15 is 0 Å². The predicted octanol–water partition coefficient (Wildman–Crippen LogP) is 5.18. The van der Waals surface area contributed by atoms with E-state index in [2.05, 4.69) is 29.5 Å². The Balaban J connectivity index is 2.16. The van der Waals surface area contributed by atoms with E-state index in [1.165, 1.54) is 12.8 Å². The minimum absolute atomic E-state index is 0.736. The van der Waals surface area contributed by atoms with Crippen LogP contribution in [0.5, 0.6) is 0 Å². The summed E-state index contributed by atoms with van der Waals surface area (Å²) in [4.78, 5) is 3.19. The molecule has 0 aliphatic carbocycles. The first-order valence-electron chi connectivity index (χ1n) is 6.46. The average molecular weight is 283 g/mol. The molecule has 98 valence electrons. The van der Waals surface area contributed by atoms with Crippen molar-refractivity contribution >= 4 is 34.9 Å². The number of nitrogens with one attached hydrogen (secondary N) is 1. The van der Waals surface area contributed by atoms with Gasteiger partial charge < -0.3 is 9.55 Å². The molecule has 0 atom stereocenters. The summed E-state index contributed by atoms with van der Waals surface area (Å²) in [5.41, 5.74) is 2.06. The number of hydrogen-bond acceptors (Lipinski definition) is 1. The van der Waals surface area contributed by atoms with E-state index in [0.29, 0.717) is 0 Å². The van der Waals surface area contributed by atoms with Crippen molar-refractivity contribution in [3.63, 3.8) is 0 Å². The van der Waals surface area contributed by atoms with Gasteiger partial charge in [0, 0.05) is 6.54 Å². The number of halogens is 1. The van der Waals surface area contributed by atoms with Crippen LogP contribution in [-0.4, -0.2) is 9.55 Å². The van der Waals surface area contributed by atoms with Gasteiger partial charge in [0.15, 0.2) is 4.77 Å². The van der Waals surface area contributed by atoms with Crippen molar-refractivity contribution in [3.05, 3.63) is 28.0 Å². The number of fused-ring (bicyclic) bond motifs is 1. The Morgan fingerprint density at radius 1 is 1.33 bits per heavy atom. The zero-order valence-electron chi connectivity index (χ0n) is 10.9. The van der Waals surface area contributed by atoms with Gasteiger partial charge in [-0.3, -0.25) is 0 Å². The summed E-state index contributed by atoms with van der Waals surface area (Å²) in [7, 11) is 0. The molecule has 0 spiro atoms. The van der Waals surface area contributed by atoms with E-state index in [4.69, 9.17) is 23.8 Å². The second kappa shape index (κ2) is 5.89. The Labute approximate surface area is 118 Å². The van der Waals surface area contributed by atoms with Gasteiger partial charge in [0.2, 0.25) is 0 Å². The maximum Gasteiger partial charge on any atom is 0.178 e. The molecular formula is C14H19ClN2S. The molecule has 1 aromatic carbocycles. The summed E-state index contributed by atoms with van der Waals surface area (Å²) >= 11 is 11.5. The SMILES string of the molecule is CC(C)CCCCn1c(=S)[nH]c2c(Cl)cccc21. The van der Waals surface area contributed by atoms with Crippen LogP contribution in [0.3, 0.4) is 0 Å². The Kier molecular flexibility index (Phi) is 4.46. The number of imidazole rings is 1. The van der Waals surface area contributed by atoms with Crippen LogP contribution in [0.1, 0.15) is 33.1 Å². The van der Waals surface area contributed by atoms with E-state index in [0.717, 1.165) is 39.7 Å². The minimum atomic E-state index is 0.736. The minimum Gasteiger partial charge on any atom is -0.329 e. The van der Waals surface area contributed by atoms with Gasteiger partial charge in [-0.05, 0) is 36.7 Å². The van der Waals surface area contributed by atoms with Gasteiger partial charge in [0.05, 0.1) is 16.1 Å². The first-order chi connectivity index (χ1) is 8.59. The Morgan fingerprint density at radius 3 is 2.83 bits per heavy atom. The van der Waals surface area contributed by atoms with Gasteiger partial charge in [0.1, 0.15) is 0 Å². The summed E-state index contributed by atoms with van der Waals surface area (Å²) in [5, 5.41) is 0.736. The van der Waals surface area contributed by atoms with Crippen molar-refractivity contribution in [3.8, 4) is 0 Å². The maximum absolute atomic E-state index is 6.15. The highest BCUT2D eigenvalue weighted by molar-refractivity contribution is 7.71. The largest absolute Gasteiger partial charge is 0.329 e. The maximum atomic E-state index is 6.15. The summed E-state index contributed by atoms with van der Waals surface area (Å²) in [6.07, 6.45) is 3.68. The molecule has 4 heteroatoms. The Morgan fingerprint density at radius 2 is 2.11 bits per heavy atom. The molecule has 1 heterocycles. The molecule has 0 radical (unpaired) electrons. The topological polar surface area (TPSA) is 20.7 Å². The highest BCUT2D eigenvalue weighted by atomic mass is 35.5. The second-order valence-electron chi connectivity index (χ2n) is 5.11. The van der Waals surface area contributed by atoms with Gasteiger partial charge in [-0.25, -0.2) is 0 Å². The van der Waals surface area contributed by atoms with Crippen LogP contribution < -0.4 is 0 Å². The van der Waals surface area contributed by atoms with E-state index in [1.54, 1.807) is 0 Å². The fraction of sp³-hybridized carbons (Fsp3) is 0.500. The number of H-pyrrole nitrogens is 1. The van der Waals surface area contributed by atoms with Gasteiger partial charge >= 0.3 is 0 Å². The molecule has 18 heavy (non-hydrogen) atoms. The van der Waals surface area contributed by atoms with Crippen LogP contribution in [0.15, 0.2) is 18.2 Å². The van der Waals surface area contributed by atoms with Crippen molar-refractivity contribution in [2.24, 2.45) is 5.92 Å². The third-order valence-electron chi connectivity index (χ3n) is 3.17. The molecule has 2 nitrogen and oxygen atoms in total. The zero-order chi connectivity index (χ0) is 13.1. The number of aryl methyl sites for hydroxylation is 1. The first kappa shape index (κ1) is 13.6. The van der Waals surface area contributed by atoms with Crippen molar-refractivity contribution in [1.29, 1.82) is 0 Å². The lowest BCUT2D eigenvalue weighted by Gasteiger charge is -2.06. The smallest absolute Gasteiger partial charge is 0.178 e. The normalized spacial score (nSPS) is 11.6. The van der Waals surface area contributed by atoms with E-state index in [9.17, 15) is 0 Å². The van der Waals surface area contributed by atoms with Crippen molar-refractivity contribution in [1.82, 2.24) is 9.55 Å². The Hall–Kier alpha value is -0.800. The van der Waals surface area contributed by atoms with Gasteiger partial charge in [-0.2, -0.15) is 0 Å². The fourth-order valence-electron chi connectivity index (χ4n) is 2.19. The predicted molar refractivity (Wildman–Crippen MR) is 80.8 cm³/mol. The number of nitrogens with zero attached hydrogens (tertiary/aromatic N) is 1. The number of para-hydroxylation sites is 1. The van der Waals surface area contributed by atoms with Crippen LogP contribution in [0.4, 0.5) is 0 Å². The number of unbranched alkanes of at least 4 members (excludes halogenated alkanes) is 1. The van der Waals surface area contributed by atoms with Gasteiger partial charge in [-0.15, -0.1) is 0 Å². The molecule has 0 amide bonds. The monoisotopic (exact) mass is 282 g/mol. The van der Waals surface area contributed by atoms with Crippen LogP contribution >= 0.6 is 23.8 Å². The molecule has 0 aliphatic rings. The number of rotatable bonds is 5. The summed E-state index contributed by atoms with van der Waals surface area (Å²) in [5.74, 6) is 0.774. The van der Waals surface area contributed by atoms with E-state index < -0.39 is 0 Å². The highest BCUT2D eigenvalue weighted by Gasteiger charge is 2.06. The lowest BCUT2D eigenvalue weighted by molar-refractivity contribution is 0.511. The third kappa shape index (κ3) is 2.96. The molecule has 0 unspecified atom stereocenters.